The summed E-state index contributed by atoms with van der Waals surface area (Å²) in [6.07, 6.45) is 3.44. The lowest BCUT2D eigenvalue weighted by Gasteiger charge is -2.13. The van der Waals surface area contributed by atoms with Crippen LogP contribution in [0.5, 0.6) is 0 Å². The van der Waals surface area contributed by atoms with Crippen LogP contribution in [0.2, 0.25) is 5.02 Å². The van der Waals surface area contributed by atoms with E-state index in [1.165, 1.54) is 11.8 Å². The van der Waals surface area contributed by atoms with Crippen molar-refractivity contribution in [1.29, 1.82) is 0 Å². The largest absolute Gasteiger partial charge is 0.325 e. The zero-order valence-corrected chi connectivity index (χ0v) is 16.2. The standard InChI is InChI=1S/C18H18ClN5OS/c1-11-6-7-14(19)9-15(11)21-17(25)12(2)26-18-23-22-16(24(18)3)13-5-4-8-20-10-13/h4-10,12H,1-3H3,(H,21,25). The molecule has 2 heterocycles. The average molecular weight is 388 g/mol. The van der Waals surface area contributed by atoms with Gasteiger partial charge in [-0.1, -0.05) is 29.4 Å². The molecule has 8 heteroatoms. The molecule has 0 bridgehead atoms. The van der Waals surface area contributed by atoms with Crippen LogP contribution in [0.4, 0.5) is 5.69 Å². The van der Waals surface area contributed by atoms with Crippen LogP contribution in [0.25, 0.3) is 11.4 Å². The van der Waals surface area contributed by atoms with E-state index in [2.05, 4.69) is 20.5 Å². The molecule has 6 nitrogen and oxygen atoms in total. The van der Waals surface area contributed by atoms with Crippen molar-refractivity contribution in [1.82, 2.24) is 19.7 Å². The van der Waals surface area contributed by atoms with E-state index in [1.54, 1.807) is 24.5 Å². The van der Waals surface area contributed by atoms with Gasteiger partial charge in [0.1, 0.15) is 0 Å². The minimum atomic E-state index is -0.349. The summed E-state index contributed by atoms with van der Waals surface area (Å²) in [5, 5.41) is 12.2. The van der Waals surface area contributed by atoms with E-state index < -0.39 is 0 Å². The maximum absolute atomic E-state index is 12.5. The molecule has 0 fully saturated rings. The van der Waals surface area contributed by atoms with Gasteiger partial charge in [0.05, 0.1) is 5.25 Å². The first-order chi connectivity index (χ1) is 12.5. The number of anilines is 1. The van der Waals surface area contributed by atoms with E-state index in [1.807, 2.05) is 43.7 Å². The normalized spacial score (nSPS) is 12.0. The number of carbonyl (C=O) groups is 1. The van der Waals surface area contributed by atoms with E-state index in [4.69, 9.17) is 11.6 Å². The predicted octanol–water partition coefficient (Wildman–Crippen LogP) is 3.96. The number of aromatic nitrogens is 4. The van der Waals surface area contributed by atoms with Crippen LogP contribution in [0.1, 0.15) is 12.5 Å². The maximum atomic E-state index is 12.5. The number of nitrogens with zero attached hydrogens (tertiary/aromatic N) is 4. The Labute approximate surface area is 161 Å². The van der Waals surface area contributed by atoms with Crippen molar-refractivity contribution in [2.75, 3.05) is 5.32 Å². The van der Waals surface area contributed by atoms with Gasteiger partial charge in [0.25, 0.3) is 0 Å². The van der Waals surface area contributed by atoms with Crippen LogP contribution in [0.15, 0.2) is 47.9 Å². The molecule has 0 aliphatic rings. The fraction of sp³-hybridized carbons (Fsp3) is 0.222. The minimum Gasteiger partial charge on any atom is -0.325 e. The van der Waals surface area contributed by atoms with E-state index in [-0.39, 0.29) is 11.2 Å². The molecule has 0 saturated heterocycles. The number of carbonyl (C=O) groups excluding carboxylic acids is 1. The second kappa shape index (κ2) is 7.88. The Morgan fingerprint density at radius 1 is 1.31 bits per heavy atom. The van der Waals surface area contributed by atoms with E-state index in [9.17, 15) is 4.79 Å². The first-order valence-electron chi connectivity index (χ1n) is 7.99. The number of benzene rings is 1. The van der Waals surface area contributed by atoms with Crippen LogP contribution in [0, 0.1) is 6.92 Å². The second-order valence-electron chi connectivity index (χ2n) is 5.82. The number of nitrogens with one attached hydrogen (secondary N) is 1. The number of amides is 1. The fourth-order valence-corrected chi connectivity index (χ4v) is 3.33. The lowest BCUT2D eigenvalue weighted by Crippen LogP contribution is -2.23. The summed E-state index contributed by atoms with van der Waals surface area (Å²) >= 11 is 7.36. The van der Waals surface area contributed by atoms with E-state index >= 15 is 0 Å². The predicted molar refractivity (Wildman–Crippen MR) is 104 cm³/mol. The molecule has 26 heavy (non-hydrogen) atoms. The van der Waals surface area contributed by atoms with Gasteiger partial charge in [-0.15, -0.1) is 10.2 Å². The molecule has 0 spiro atoms. The Morgan fingerprint density at radius 3 is 2.85 bits per heavy atom. The molecular formula is C18H18ClN5OS. The van der Waals surface area contributed by atoms with Crippen molar-refractivity contribution in [2.45, 2.75) is 24.3 Å². The highest BCUT2D eigenvalue weighted by molar-refractivity contribution is 8.00. The zero-order valence-electron chi connectivity index (χ0n) is 14.6. The molecular weight excluding hydrogens is 370 g/mol. The number of hydrogen-bond acceptors (Lipinski definition) is 5. The molecule has 134 valence electrons. The molecule has 1 unspecified atom stereocenters. The van der Waals surface area contributed by atoms with Gasteiger partial charge in [-0.05, 0) is 43.7 Å². The molecule has 3 aromatic rings. The molecule has 0 aliphatic heterocycles. The molecule has 0 saturated carbocycles. The molecule has 1 aromatic carbocycles. The van der Waals surface area contributed by atoms with Gasteiger partial charge >= 0.3 is 0 Å². The van der Waals surface area contributed by atoms with Crippen molar-refractivity contribution in [2.24, 2.45) is 7.05 Å². The molecule has 3 rings (SSSR count). The molecule has 1 atom stereocenters. The van der Waals surface area contributed by atoms with Gasteiger partial charge in [-0.25, -0.2) is 0 Å². The molecule has 0 radical (unpaired) electrons. The number of pyridine rings is 1. The third kappa shape index (κ3) is 4.05. The van der Waals surface area contributed by atoms with Crippen molar-refractivity contribution in [3.05, 3.63) is 53.3 Å². The maximum Gasteiger partial charge on any atom is 0.237 e. The van der Waals surface area contributed by atoms with Crippen LogP contribution in [-0.2, 0) is 11.8 Å². The van der Waals surface area contributed by atoms with Gasteiger partial charge in [0.15, 0.2) is 11.0 Å². The Kier molecular flexibility index (Phi) is 5.58. The Morgan fingerprint density at radius 2 is 2.12 bits per heavy atom. The van der Waals surface area contributed by atoms with Gasteiger partial charge < -0.3 is 9.88 Å². The third-order valence-corrected chi connectivity index (χ3v) is 5.23. The van der Waals surface area contributed by atoms with Gasteiger partial charge in [-0.3, -0.25) is 9.78 Å². The Balaban J connectivity index is 1.72. The summed E-state index contributed by atoms with van der Waals surface area (Å²) in [5.41, 5.74) is 2.54. The Hall–Kier alpha value is -2.38. The quantitative estimate of drug-likeness (QED) is 0.671. The number of rotatable bonds is 5. The van der Waals surface area contributed by atoms with Gasteiger partial charge in [0.2, 0.25) is 5.91 Å². The molecule has 1 N–H and O–H groups in total. The number of aryl methyl sites for hydroxylation is 1. The zero-order chi connectivity index (χ0) is 18.7. The van der Waals surface area contributed by atoms with Crippen LogP contribution < -0.4 is 5.32 Å². The number of thioether (sulfide) groups is 1. The molecule has 0 aliphatic carbocycles. The van der Waals surface area contributed by atoms with E-state index in [0.29, 0.717) is 21.7 Å². The van der Waals surface area contributed by atoms with Gasteiger partial charge in [0, 0.05) is 35.7 Å². The van der Waals surface area contributed by atoms with Crippen LogP contribution in [-0.4, -0.2) is 30.9 Å². The minimum absolute atomic E-state index is 0.119. The summed E-state index contributed by atoms with van der Waals surface area (Å²) in [5.74, 6) is 0.588. The monoisotopic (exact) mass is 387 g/mol. The molecule has 1 amide bonds. The fourth-order valence-electron chi connectivity index (χ4n) is 2.34. The first kappa shape index (κ1) is 18.4. The number of hydrogen-bond donors (Lipinski definition) is 1. The smallest absolute Gasteiger partial charge is 0.237 e. The highest BCUT2D eigenvalue weighted by Gasteiger charge is 2.20. The lowest BCUT2D eigenvalue weighted by atomic mass is 10.2. The first-order valence-corrected chi connectivity index (χ1v) is 9.25. The molecule has 2 aromatic heterocycles. The van der Waals surface area contributed by atoms with Crippen molar-refractivity contribution in [3.8, 4) is 11.4 Å². The Bertz CT molecular complexity index is 929. The summed E-state index contributed by atoms with van der Waals surface area (Å²) in [4.78, 5) is 16.6. The van der Waals surface area contributed by atoms with Crippen molar-refractivity contribution < 1.29 is 4.79 Å². The van der Waals surface area contributed by atoms with Crippen LogP contribution >= 0.6 is 23.4 Å². The number of halogens is 1. The summed E-state index contributed by atoms with van der Waals surface area (Å²) in [7, 11) is 1.87. The second-order valence-corrected chi connectivity index (χ2v) is 7.56. The highest BCUT2D eigenvalue weighted by atomic mass is 35.5. The third-order valence-electron chi connectivity index (χ3n) is 3.86. The van der Waals surface area contributed by atoms with Crippen LogP contribution in [0.3, 0.4) is 0 Å². The highest BCUT2D eigenvalue weighted by Crippen LogP contribution is 2.27. The van der Waals surface area contributed by atoms with E-state index in [0.717, 1.165) is 11.1 Å². The summed E-state index contributed by atoms with van der Waals surface area (Å²) in [6.45, 7) is 3.75. The SMILES string of the molecule is Cc1ccc(Cl)cc1NC(=O)C(C)Sc1nnc(-c2cccnc2)n1C. The summed E-state index contributed by atoms with van der Waals surface area (Å²) in [6, 6.07) is 9.18. The summed E-state index contributed by atoms with van der Waals surface area (Å²) < 4.78 is 1.86. The van der Waals surface area contributed by atoms with Crippen molar-refractivity contribution >= 4 is 35.0 Å². The topological polar surface area (TPSA) is 72.7 Å². The lowest BCUT2D eigenvalue weighted by molar-refractivity contribution is -0.115. The van der Waals surface area contributed by atoms with Gasteiger partial charge in [-0.2, -0.15) is 0 Å². The van der Waals surface area contributed by atoms with Crippen molar-refractivity contribution in [3.63, 3.8) is 0 Å². The average Bonchev–Trinajstić information content (AvgIpc) is 2.99.